The lowest BCUT2D eigenvalue weighted by molar-refractivity contribution is -0.120. The molecule has 0 aliphatic rings. The number of anilines is 1. The van der Waals surface area contributed by atoms with E-state index in [0.29, 0.717) is 19.5 Å². The highest BCUT2D eigenvalue weighted by Gasteiger charge is 2.02. The maximum Gasteiger partial charge on any atom is 0.220 e. The number of aromatic nitrogens is 2. The molecule has 2 heterocycles. The zero-order chi connectivity index (χ0) is 14.2. The van der Waals surface area contributed by atoms with Crippen molar-refractivity contribution in [2.45, 2.75) is 19.8 Å². The van der Waals surface area contributed by atoms with Crippen molar-refractivity contribution in [2.75, 3.05) is 18.4 Å². The first-order chi connectivity index (χ1) is 9.74. The predicted octanol–water partition coefficient (Wildman–Crippen LogP) is 2.01. The van der Waals surface area contributed by atoms with E-state index in [1.54, 1.807) is 11.3 Å². The maximum absolute atomic E-state index is 11.6. The number of aryl methyl sites for hydroxylation is 2. The van der Waals surface area contributed by atoms with Crippen LogP contribution in [0.15, 0.2) is 29.0 Å². The number of hydrogen-bond donors (Lipinski definition) is 2. The quantitative estimate of drug-likeness (QED) is 0.766. The molecule has 0 aliphatic heterocycles. The van der Waals surface area contributed by atoms with Gasteiger partial charge in [-0.25, -0.2) is 0 Å². The van der Waals surface area contributed by atoms with Crippen molar-refractivity contribution in [2.24, 2.45) is 0 Å². The number of amides is 1. The van der Waals surface area contributed by atoms with E-state index < -0.39 is 0 Å². The number of carbonyl (C=O) groups excluding carboxylic acids is 1. The molecular weight excluding hydrogens is 272 g/mol. The zero-order valence-electron chi connectivity index (χ0n) is 11.4. The van der Waals surface area contributed by atoms with E-state index in [9.17, 15) is 4.79 Å². The lowest BCUT2D eigenvalue weighted by Gasteiger charge is -2.06. The number of carbonyl (C=O) groups is 1. The van der Waals surface area contributed by atoms with E-state index in [2.05, 4.69) is 32.3 Å². The Morgan fingerprint density at radius 3 is 2.85 bits per heavy atom. The summed E-state index contributed by atoms with van der Waals surface area (Å²) in [6.45, 7) is 3.12. The van der Waals surface area contributed by atoms with Crippen LogP contribution in [0.4, 0.5) is 5.82 Å². The summed E-state index contributed by atoms with van der Waals surface area (Å²) in [7, 11) is 0. The van der Waals surface area contributed by atoms with Crippen molar-refractivity contribution in [1.82, 2.24) is 15.5 Å². The lowest BCUT2D eigenvalue weighted by Crippen LogP contribution is -2.29. The highest BCUT2D eigenvalue weighted by Crippen LogP contribution is 2.08. The van der Waals surface area contributed by atoms with Gasteiger partial charge in [0.1, 0.15) is 5.82 Å². The van der Waals surface area contributed by atoms with Crippen molar-refractivity contribution in [3.8, 4) is 0 Å². The molecule has 2 rings (SSSR count). The van der Waals surface area contributed by atoms with E-state index in [4.69, 9.17) is 0 Å². The predicted molar refractivity (Wildman–Crippen MR) is 80.9 cm³/mol. The summed E-state index contributed by atoms with van der Waals surface area (Å²) in [5.41, 5.74) is 2.11. The molecule has 0 aromatic carbocycles. The fourth-order valence-corrected chi connectivity index (χ4v) is 2.37. The normalized spacial score (nSPS) is 10.2. The Morgan fingerprint density at radius 1 is 1.25 bits per heavy atom. The van der Waals surface area contributed by atoms with E-state index in [1.807, 2.05) is 24.4 Å². The van der Waals surface area contributed by atoms with Gasteiger partial charge >= 0.3 is 0 Å². The SMILES string of the molecule is Cc1ccc(NCCNC(=O)CCc2ccsc2)nn1. The van der Waals surface area contributed by atoms with Crippen molar-refractivity contribution < 1.29 is 4.79 Å². The Balaban J connectivity index is 1.58. The van der Waals surface area contributed by atoms with Crippen LogP contribution in [0.5, 0.6) is 0 Å². The molecule has 2 aromatic heterocycles. The highest BCUT2D eigenvalue weighted by molar-refractivity contribution is 7.07. The minimum Gasteiger partial charge on any atom is -0.367 e. The third-order valence-corrected chi connectivity index (χ3v) is 3.50. The van der Waals surface area contributed by atoms with Gasteiger partial charge in [-0.2, -0.15) is 16.4 Å². The molecule has 0 atom stereocenters. The Kier molecular flexibility index (Phi) is 5.49. The van der Waals surface area contributed by atoms with Gasteiger partial charge in [-0.05, 0) is 47.9 Å². The maximum atomic E-state index is 11.6. The average Bonchev–Trinajstić information content (AvgIpc) is 2.96. The van der Waals surface area contributed by atoms with Gasteiger partial charge in [-0.1, -0.05) is 0 Å². The summed E-state index contributed by atoms with van der Waals surface area (Å²) in [5.74, 6) is 0.802. The fourth-order valence-electron chi connectivity index (χ4n) is 1.67. The van der Waals surface area contributed by atoms with Crippen molar-refractivity contribution in [3.63, 3.8) is 0 Å². The molecule has 0 saturated carbocycles. The van der Waals surface area contributed by atoms with Crippen LogP contribution in [0, 0.1) is 6.92 Å². The number of rotatable bonds is 7. The summed E-state index contributed by atoms with van der Waals surface area (Å²) in [6.07, 6.45) is 1.33. The van der Waals surface area contributed by atoms with Crippen LogP contribution in [0.25, 0.3) is 0 Å². The second-order valence-electron chi connectivity index (χ2n) is 4.47. The number of nitrogens with zero attached hydrogens (tertiary/aromatic N) is 2. The largest absolute Gasteiger partial charge is 0.367 e. The zero-order valence-corrected chi connectivity index (χ0v) is 12.2. The first kappa shape index (κ1) is 14.5. The first-order valence-corrected chi connectivity index (χ1v) is 7.50. The summed E-state index contributed by atoms with van der Waals surface area (Å²) < 4.78 is 0. The van der Waals surface area contributed by atoms with Crippen LogP contribution >= 0.6 is 11.3 Å². The van der Waals surface area contributed by atoms with Crippen molar-refractivity contribution in [1.29, 1.82) is 0 Å². The summed E-state index contributed by atoms with van der Waals surface area (Å²) in [5, 5.41) is 18.0. The van der Waals surface area contributed by atoms with Crippen LogP contribution in [0.3, 0.4) is 0 Å². The number of hydrogen-bond acceptors (Lipinski definition) is 5. The average molecular weight is 290 g/mol. The second-order valence-corrected chi connectivity index (χ2v) is 5.25. The molecule has 2 N–H and O–H groups in total. The van der Waals surface area contributed by atoms with Gasteiger partial charge < -0.3 is 10.6 Å². The molecule has 0 unspecified atom stereocenters. The van der Waals surface area contributed by atoms with Crippen LogP contribution in [-0.2, 0) is 11.2 Å². The molecule has 0 aliphatic carbocycles. The van der Waals surface area contributed by atoms with Crippen LogP contribution in [0.2, 0.25) is 0 Å². The molecule has 0 bridgehead atoms. The van der Waals surface area contributed by atoms with E-state index in [0.717, 1.165) is 17.9 Å². The van der Waals surface area contributed by atoms with Gasteiger partial charge in [0.05, 0.1) is 5.69 Å². The van der Waals surface area contributed by atoms with Crippen molar-refractivity contribution >= 4 is 23.1 Å². The second kappa shape index (κ2) is 7.59. The molecule has 0 spiro atoms. The Morgan fingerprint density at radius 2 is 2.15 bits per heavy atom. The van der Waals surface area contributed by atoms with E-state index >= 15 is 0 Å². The van der Waals surface area contributed by atoms with E-state index in [-0.39, 0.29) is 5.91 Å². The highest BCUT2D eigenvalue weighted by atomic mass is 32.1. The number of thiophene rings is 1. The van der Waals surface area contributed by atoms with Crippen LogP contribution in [0.1, 0.15) is 17.7 Å². The monoisotopic (exact) mass is 290 g/mol. The Hall–Kier alpha value is -1.95. The molecule has 0 radical (unpaired) electrons. The summed E-state index contributed by atoms with van der Waals surface area (Å²) in [4.78, 5) is 11.6. The molecule has 6 heteroatoms. The topological polar surface area (TPSA) is 66.9 Å². The molecule has 0 fully saturated rings. The van der Waals surface area contributed by atoms with Crippen LogP contribution < -0.4 is 10.6 Å². The van der Waals surface area contributed by atoms with Gasteiger partial charge in [0.2, 0.25) is 5.91 Å². The molecule has 0 saturated heterocycles. The molecule has 5 nitrogen and oxygen atoms in total. The Bertz CT molecular complexity index is 525. The minimum atomic E-state index is 0.0768. The fraction of sp³-hybridized carbons (Fsp3) is 0.357. The lowest BCUT2D eigenvalue weighted by atomic mass is 10.2. The molecule has 2 aromatic rings. The summed E-state index contributed by atoms with van der Waals surface area (Å²) >= 11 is 1.66. The van der Waals surface area contributed by atoms with Crippen LogP contribution in [-0.4, -0.2) is 29.2 Å². The number of nitrogens with one attached hydrogen (secondary N) is 2. The van der Waals surface area contributed by atoms with Gasteiger partial charge in [-0.15, -0.1) is 5.10 Å². The standard InChI is InChI=1S/C14H18N4OS/c1-11-2-4-13(18-17-11)15-7-8-16-14(19)5-3-12-6-9-20-10-12/h2,4,6,9-10H,3,5,7-8H2,1H3,(H,15,18)(H,16,19). The van der Waals surface area contributed by atoms with Gasteiger partial charge in [-0.3, -0.25) is 4.79 Å². The molecule has 20 heavy (non-hydrogen) atoms. The van der Waals surface area contributed by atoms with Gasteiger partial charge in [0, 0.05) is 19.5 Å². The molecule has 106 valence electrons. The first-order valence-electron chi connectivity index (χ1n) is 6.56. The van der Waals surface area contributed by atoms with E-state index in [1.165, 1.54) is 5.56 Å². The minimum absolute atomic E-state index is 0.0768. The smallest absolute Gasteiger partial charge is 0.220 e. The summed E-state index contributed by atoms with van der Waals surface area (Å²) in [6, 6.07) is 5.82. The Labute approximate surface area is 122 Å². The van der Waals surface area contributed by atoms with Gasteiger partial charge in [0.25, 0.3) is 0 Å². The molecular formula is C14H18N4OS. The van der Waals surface area contributed by atoms with Crippen molar-refractivity contribution in [3.05, 3.63) is 40.2 Å². The third kappa shape index (κ3) is 4.97. The molecule has 1 amide bonds. The third-order valence-electron chi connectivity index (χ3n) is 2.77. The van der Waals surface area contributed by atoms with Gasteiger partial charge in [0.15, 0.2) is 0 Å².